The maximum Gasteiger partial charge on any atom is 0.326 e. The molecule has 2 atom stereocenters. The molecule has 0 unspecified atom stereocenters. The molecule has 2 saturated carbocycles. The van der Waals surface area contributed by atoms with Crippen LogP contribution >= 0.6 is 0 Å². The van der Waals surface area contributed by atoms with E-state index in [0.717, 1.165) is 30.6 Å². The van der Waals surface area contributed by atoms with Gasteiger partial charge in [0.1, 0.15) is 0 Å². The van der Waals surface area contributed by atoms with Gasteiger partial charge in [-0.2, -0.15) is 0 Å². The Morgan fingerprint density at radius 2 is 1.94 bits per heavy atom. The monoisotopic (exact) mass is 454 g/mol. The van der Waals surface area contributed by atoms with Crippen LogP contribution in [-0.4, -0.2) is 34.9 Å². The van der Waals surface area contributed by atoms with Crippen molar-refractivity contribution < 1.29 is 19.2 Å². The highest BCUT2D eigenvalue weighted by Gasteiger charge is 2.44. The molecule has 1 aromatic heterocycles. The highest BCUT2D eigenvalue weighted by molar-refractivity contribution is 6.01. The number of aryl methyl sites for hydroxylation is 1. The molecule has 2 aliphatic rings. The van der Waals surface area contributed by atoms with E-state index >= 15 is 0 Å². The second kappa shape index (κ2) is 9.85. The Morgan fingerprint density at radius 3 is 2.55 bits per heavy atom. The predicted octanol–water partition coefficient (Wildman–Crippen LogP) is 5.61. The van der Waals surface area contributed by atoms with Crippen LogP contribution in [0.15, 0.2) is 28.8 Å². The summed E-state index contributed by atoms with van der Waals surface area (Å²) in [4.78, 5) is 26.7. The van der Waals surface area contributed by atoms with E-state index in [-0.39, 0.29) is 17.7 Å². The molecule has 2 aromatic rings. The van der Waals surface area contributed by atoms with E-state index in [0.29, 0.717) is 29.8 Å². The number of carbonyl (C=O) groups excluding carboxylic acids is 1. The lowest BCUT2D eigenvalue weighted by atomic mass is 9.92. The van der Waals surface area contributed by atoms with Crippen LogP contribution in [0.2, 0.25) is 0 Å². The summed E-state index contributed by atoms with van der Waals surface area (Å²) in [6.45, 7) is 7.09. The number of rotatable bonds is 8. The first-order valence-electron chi connectivity index (χ1n) is 12.0. The van der Waals surface area contributed by atoms with Gasteiger partial charge in [0, 0.05) is 18.7 Å². The maximum absolute atomic E-state index is 12.8. The number of hydrogen-bond acceptors (Lipinski definition) is 5. The average Bonchev–Trinajstić information content (AvgIpc) is 3.49. The summed E-state index contributed by atoms with van der Waals surface area (Å²) in [5.74, 6) is -0.377. The minimum absolute atomic E-state index is 0.00897. The highest BCUT2D eigenvalue weighted by Crippen LogP contribution is 2.49. The molecule has 2 amide bonds. The lowest BCUT2D eigenvalue weighted by Gasteiger charge is -2.38. The fourth-order valence-corrected chi connectivity index (χ4v) is 4.89. The van der Waals surface area contributed by atoms with Gasteiger partial charge < -0.3 is 19.8 Å². The van der Waals surface area contributed by atoms with Crippen molar-refractivity contribution in [3.8, 4) is 0 Å². The summed E-state index contributed by atoms with van der Waals surface area (Å²) in [6, 6.07) is 7.71. The molecule has 0 aliphatic heterocycles. The Labute approximate surface area is 194 Å². The van der Waals surface area contributed by atoms with Crippen LogP contribution in [0.3, 0.4) is 0 Å². The SMILES string of the molecule is Cc1cc(NC(=O)Nc2cc([C@@H]3C[C@@H]3C(=O)O)ccc2N(CC(C)C)C2CCCCC2)on1. The molecule has 8 heteroatoms. The number of carbonyl (C=O) groups is 2. The smallest absolute Gasteiger partial charge is 0.326 e. The first kappa shape index (κ1) is 23.1. The van der Waals surface area contributed by atoms with Gasteiger partial charge in [0.2, 0.25) is 5.88 Å². The van der Waals surface area contributed by atoms with E-state index in [9.17, 15) is 14.7 Å². The van der Waals surface area contributed by atoms with Gasteiger partial charge in [0.15, 0.2) is 0 Å². The Hall–Kier alpha value is -3.03. The van der Waals surface area contributed by atoms with Crippen LogP contribution < -0.4 is 15.5 Å². The van der Waals surface area contributed by atoms with Crippen LogP contribution in [-0.2, 0) is 4.79 Å². The van der Waals surface area contributed by atoms with Gasteiger partial charge >= 0.3 is 12.0 Å². The Balaban J connectivity index is 1.63. The maximum atomic E-state index is 12.8. The van der Waals surface area contributed by atoms with Crippen molar-refractivity contribution in [3.05, 3.63) is 35.5 Å². The number of carboxylic acids is 1. The second-order valence-corrected chi connectivity index (χ2v) is 9.81. The number of aliphatic carboxylic acids is 1. The molecule has 4 rings (SSSR count). The molecule has 2 aliphatic carbocycles. The molecule has 3 N–H and O–H groups in total. The minimum atomic E-state index is -0.763. The molecular formula is C25H34N4O4. The van der Waals surface area contributed by atoms with Gasteiger partial charge in [-0.15, -0.1) is 0 Å². The number of aromatic nitrogens is 1. The lowest BCUT2D eigenvalue weighted by molar-refractivity contribution is -0.138. The van der Waals surface area contributed by atoms with Crippen molar-refractivity contribution in [3.63, 3.8) is 0 Å². The quantitative estimate of drug-likeness (QED) is 0.478. The van der Waals surface area contributed by atoms with Gasteiger partial charge in [0.05, 0.1) is 23.0 Å². The number of carboxylic acid groups (broad SMARTS) is 1. The molecule has 0 bridgehead atoms. The fourth-order valence-electron chi connectivity index (χ4n) is 4.89. The topological polar surface area (TPSA) is 108 Å². The summed E-state index contributed by atoms with van der Waals surface area (Å²) >= 11 is 0. The minimum Gasteiger partial charge on any atom is -0.481 e. The van der Waals surface area contributed by atoms with E-state index in [4.69, 9.17) is 4.52 Å². The zero-order valence-corrected chi connectivity index (χ0v) is 19.6. The zero-order valence-electron chi connectivity index (χ0n) is 19.6. The molecule has 0 spiro atoms. The van der Waals surface area contributed by atoms with E-state index < -0.39 is 12.0 Å². The zero-order chi connectivity index (χ0) is 23.5. The molecular weight excluding hydrogens is 420 g/mol. The van der Waals surface area contributed by atoms with Crippen molar-refractivity contribution in [2.45, 2.75) is 71.3 Å². The number of nitrogens with one attached hydrogen (secondary N) is 2. The van der Waals surface area contributed by atoms with Crippen LogP contribution in [0.1, 0.15) is 69.5 Å². The van der Waals surface area contributed by atoms with Crippen molar-refractivity contribution in [1.29, 1.82) is 0 Å². The number of anilines is 3. The Morgan fingerprint density at radius 1 is 1.18 bits per heavy atom. The molecule has 178 valence electrons. The van der Waals surface area contributed by atoms with Gasteiger partial charge in [0.25, 0.3) is 0 Å². The van der Waals surface area contributed by atoms with Gasteiger partial charge in [-0.3, -0.25) is 10.1 Å². The van der Waals surface area contributed by atoms with Gasteiger partial charge in [-0.1, -0.05) is 44.3 Å². The van der Waals surface area contributed by atoms with Crippen molar-refractivity contribution in [2.24, 2.45) is 11.8 Å². The molecule has 0 saturated heterocycles. The van der Waals surface area contributed by atoms with E-state index in [1.165, 1.54) is 19.3 Å². The lowest BCUT2D eigenvalue weighted by Crippen LogP contribution is -2.40. The van der Waals surface area contributed by atoms with Crippen LogP contribution in [0.4, 0.5) is 22.1 Å². The van der Waals surface area contributed by atoms with Crippen LogP contribution in [0.5, 0.6) is 0 Å². The number of amides is 2. The third-order valence-electron chi connectivity index (χ3n) is 6.56. The van der Waals surface area contributed by atoms with E-state index in [1.54, 1.807) is 13.0 Å². The third-order valence-corrected chi connectivity index (χ3v) is 6.56. The second-order valence-electron chi connectivity index (χ2n) is 9.81. The number of nitrogens with zero attached hydrogens (tertiary/aromatic N) is 2. The van der Waals surface area contributed by atoms with E-state index in [2.05, 4.69) is 40.6 Å². The van der Waals surface area contributed by atoms with Crippen LogP contribution in [0.25, 0.3) is 0 Å². The molecule has 0 radical (unpaired) electrons. The summed E-state index contributed by atoms with van der Waals surface area (Å²) in [6.07, 6.45) is 6.62. The average molecular weight is 455 g/mol. The molecule has 33 heavy (non-hydrogen) atoms. The largest absolute Gasteiger partial charge is 0.481 e. The highest BCUT2D eigenvalue weighted by atomic mass is 16.5. The number of benzene rings is 1. The fraction of sp³-hybridized carbons (Fsp3) is 0.560. The Bertz CT molecular complexity index is 996. The Kier molecular flexibility index (Phi) is 6.91. The molecule has 1 aromatic carbocycles. The van der Waals surface area contributed by atoms with Crippen LogP contribution in [0, 0.1) is 18.8 Å². The summed E-state index contributed by atoms with van der Waals surface area (Å²) in [5, 5.41) is 18.9. The third kappa shape index (κ3) is 5.67. The standard InChI is InChI=1S/C25H34N4O4/c1-15(2)14-29(18-7-5-4-6-8-18)22-10-9-17(19-13-20(19)24(30)31)12-21(22)26-25(32)27-23-11-16(3)28-33-23/h9-12,15,18-20H,4-8,13-14H2,1-3H3,(H,30,31)(H2,26,27,32)/t19-,20-/m0/s1. The first-order valence-corrected chi connectivity index (χ1v) is 12.0. The normalized spacial score (nSPS) is 20.5. The predicted molar refractivity (Wildman–Crippen MR) is 128 cm³/mol. The summed E-state index contributed by atoms with van der Waals surface area (Å²) in [5.41, 5.74) is 3.31. The molecule has 2 fully saturated rings. The van der Waals surface area contributed by atoms with Gasteiger partial charge in [-0.05, 0) is 55.7 Å². The number of urea groups is 1. The molecule has 8 nitrogen and oxygen atoms in total. The summed E-state index contributed by atoms with van der Waals surface area (Å²) < 4.78 is 5.11. The van der Waals surface area contributed by atoms with Crippen molar-refractivity contribution in [2.75, 3.05) is 22.1 Å². The summed E-state index contributed by atoms with van der Waals surface area (Å²) in [7, 11) is 0. The van der Waals surface area contributed by atoms with Crippen molar-refractivity contribution >= 4 is 29.3 Å². The van der Waals surface area contributed by atoms with E-state index in [1.807, 2.05) is 12.1 Å². The first-order chi connectivity index (χ1) is 15.8. The van der Waals surface area contributed by atoms with Crippen molar-refractivity contribution in [1.82, 2.24) is 5.16 Å². The van der Waals surface area contributed by atoms with Gasteiger partial charge in [-0.25, -0.2) is 4.79 Å². The molecule has 1 heterocycles. The number of hydrogen-bond donors (Lipinski definition) is 3.